The zero-order valence-electron chi connectivity index (χ0n) is 31.7. The molecule has 0 atom stereocenters. The first-order valence-corrected chi connectivity index (χ1v) is 17.3. The lowest BCUT2D eigenvalue weighted by molar-refractivity contribution is 0.669. The molecule has 0 N–H and O–H groups in total. The van der Waals surface area contributed by atoms with Crippen molar-refractivity contribution < 1.29 is 11.3 Å². The van der Waals surface area contributed by atoms with Crippen LogP contribution in [-0.2, 0) is 0 Å². The maximum absolute atomic E-state index is 8.81. The number of rotatable bonds is 4. The summed E-state index contributed by atoms with van der Waals surface area (Å²) in [6, 6.07) is 40.8. The maximum Gasteiger partial charge on any atom is 0.164 e. The highest BCUT2D eigenvalue weighted by molar-refractivity contribution is 7.25. The van der Waals surface area contributed by atoms with Crippen LogP contribution in [0.2, 0.25) is 0 Å². The molecule has 11 rings (SSSR count). The van der Waals surface area contributed by atoms with Gasteiger partial charge in [0.1, 0.15) is 11.2 Å². The van der Waals surface area contributed by atoms with Gasteiger partial charge in [-0.3, -0.25) is 0 Å². The summed E-state index contributed by atoms with van der Waals surface area (Å²) in [5.74, 6) is 0.579. The molecule has 51 heavy (non-hydrogen) atoms. The van der Waals surface area contributed by atoms with E-state index in [0.717, 1.165) is 47.7 Å². The molecule has 0 aliphatic rings. The highest BCUT2D eigenvalue weighted by Gasteiger charge is 2.19. The van der Waals surface area contributed by atoms with Crippen molar-refractivity contribution in [1.82, 2.24) is 19.5 Å². The monoisotopic (exact) mass is 675 g/mol. The van der Waals surface area contributed by atoms with Gasteiger partial charge in [0, 0.05) is 64.1 Å². The first-order valence-electron chi connectivity index (χ1n) is 19.0. The van der Waals surface area contributed by atoms with Gasteiger partial charge in [-0.15, -0.1) is 11.3 Å². The molecule has 0 unspecified atom stereocenters. The van der Waals surface area contributed by atoms with Gasteiger partial charge in [0.2, 0.25) is 0 Å². The first kappa shape index (κ1) is 23.7. The summed E-state index contributed by atoms with van der Waals surface area (Å²) in [4.78, 5) is 14.7. The fourth-order valence-corrected chi connectivity index (χ4v) is 8.37. The minimum atomic E-state index is -0.483. The van der Waals surface area contributed by atoms with Crippen molar-refractivity contribution in [3.8, 4) is 39.9 Å². The van der Waals surface area contributed by atoms with Crippen LogP contribution in [0.15, 0.2) is 162 Å². The van der Waals surface area contributed by atoms with Gasteiger partial charge < -0.3 is 8.98 Å². The minimum absolute atomic E-state index is 0.0178. The van der Waals surface area contributed by atoms with Crippen molar-refractivity contribution in [3.63, 3.8) is 0 Å². The first-order chi connectivity index (χ1) is 27.3. The molecule has 7 aromatic carbocycles. The minimum Gasteiger partial charge on any atom is -0.456 e. The van der Waals surface area contributed by atoms with E-state index in [2.05, 4.69) is 83.4 Å². The summed E-state index contributed by atoms with van der Waals surface area (Å²) in [6.45, 7) is 0. The zero-order chi connectivity index (χ0) is 37.8. The average molecular weight is 676 g/mol. The van der Waals surface area contributed by atoms with Gasteiger partial charge in [-0.2, -0.15) is 0 Å². The topological polar surface area (TPSA) is 56.7 Å². The van der Waals surface area contributed by atoms with Gasteiger partial charge >= 0.3 is 0 Å². The van der Waals surface area contributed by atoms with Crippen molar-refractivity contribution in [3.05, 3.63) is 158 Å². The Hall–Kier alpha value is -6.63. The largest absolute Gasteiger partial charge is 0.456 e. The van der Waals surface area contributed by atoms with Crippen LogP contribution in [-0.4, -0.2) is 19.5 Å². The second kappa shape index (κ2) is 10.9. The van der Waals surface area contributed by atoms with E-state index in [-0.39, 0.29) is 29.3 Å². The number of furan rings is 1. The van der Waals surface area contributed by atoms with E-state index >= 15 is 0 Å². The summed E-state index contributed by atoms with van der Waals surface area (Å²) in [5, 5.41) is 6.19. The predicted molar refractivity (Wildman–Crippen MR) is 211 cm³/mol. The van der Waals surface area contributed by atoms with Crippen LogP contribution in [0.1, 0.15) is 6.85 Å². The number of para-hydroxylation sites is 3. The lowest BCUT2D eigenvalue weighted by atomic mass is 10.0. The SMILES string of the molecule is [2H]c1c([2H])c([2H])c(-c2nc(-c3ccc4sc5ccc(-n6c7ccccc7c7ccccc76)cc5c4c3)nc(-c3cccc4oc5ccccc5c34)n2)c([2H])c1[2H]. The summed E-state index contributed by atoms with van der Waals surface area (Å²) < 4.78 is 53.4. The molecule has 0 radical (unpaired) electrons. The highest BCUT2D eigenvalue weighted by atomic mass is 32.1. The lowest BCUT2D eigenvalue weighted by Crippen LogP contribution is -2.00. The molecular formula is C45H26N4OS. The number of aromatic nitrogens is 4. The third-order valence-electron chi connectivity index (χ3n) is 9.55. The predicted octanol–water partition coefficient (Wildman–Crippen LogP) is 12.2. The Morgan fingerprint density at radius 1 is 0.510 bits per heavy atom. The van der Waals surface area contributed by atoms with Gasteiger partial charge in [-0.25, -0.2) is 15.0 Å². The highest BCUT2D eigenvalue weighted by Crippen LogP contribution is 2.40. The Bertz CT molecular complexity index is 3380. The number of benzene rings is 7. The van der Waals surface area contributed by atoms with Gasteiger partial charge in [0.25, 0.3) is 0 Å². The van der Waals surface area contributed by atoms with Crippen LogP contribution in [0.25, 0.3) is 104 Å². The van der Waals surface area contributed by atoms with Crippen LogP contribution in [0, 0.1) is 0 Å². The van der Waals surface area contributed by atoms with E-state index in [1.165, 1.54) is 10.8 Å². The molecule has 0 aliphatic carbocycles. The number of hydrogen-bond donors (Lipinski definition) is 0. The molecule has 238 valence electrons. The molecule has 0 saturated heterocycles. The number of fused-ring (bicyclic) bond motifs is 9. The summed E-state index contributed by atoms with van der Waals surface area (Å²) in [7, 11) is 0. The Morgan fingerprint density at radius 3 is 1.92 bits per heavy atom. The lowest BCUT2D eigenvalue weighted by Gasteiger charge is -2.10. The van der Waals surface area contributed by atoms with Crippen LogP contribution in [0.4, 0.5) is 0 Å². The molecule has 0 amide bonds. The smallest absolute Gasteiger partial charge is 0.164 e. The fraction of sp³-hybridized carbons (Fsp3) is 0. The fourth-order valence-electron chi connectivity index (χ4n) is 7.30. The van der Waals surface area contributed by atoms with E-state index in [4.69, 9.17) is 26.2 Å². The second-order valence-corrected chi connectivity index (χ2v) is 13.5. The Kier molecular flexibility index (Phi) is 5.08. The van der Waals surface area contributed by atoms with Gasteiger partial charge in [-0.1, -0.05) is 96.9 Å². The molecular weight excluding hydrogens is 645 g/mol. The van der Waals surface area contributed by atoms with Crippen molar-refractivity contribution >= 4 is 75.3 Å². The molecule has 0 spiro atoms. The van der Waals surface area contributed by atoms with Crippen LogP contribution in [0.3, 0.4) is 0 Å². The molecule has 0 aliphatic heterocycles. The third-order valence-corrected chi connectivity index (χ3v) is 10.7. The van der Waals surface area contributed by atoms with Gasteiger partial charge in [0.05, 0.1) is 17.9 Å². The number of nitrogens with zero attached hydrogens (tertiary/aromatic N) is 4. The molecule has 0 saturated carbocycles. The molecule has 6 heteroatoms. The Balaban J connectivity index is 1.15. The molecule has 5 nitrogen and oxygen atoms in total. The molecule has 4 heterocycles. The van der Waals surface area contributed by atoms with E-state index in [1.807, 2.05) is 48.5 Å². The van der Waals surface area contributed by atoms with Gasteiger partial charge in [0.15, 0.2) is 17.5 Å². The van der Waals surface area contributed by atoms with Crippen LogP contribution >= 0.6 is 11.3 Å². The molecule has 0 fully saturated rings. The quantitative estimate of drug-likeness (QED) is 0.186. The summed E-state index contributed by atoms with van der Waals surface area (Å²) in [5.41, 5.74) is 5.95. The van der Waals surface area contributed by atoms with Crippen molar-refractivity contribution in [2.45, 2.75) is 0 Å². The molecule has 4 aromatic heterocycles. The van der Waals surface area contributed by atoms with E-state index < -0.39 is 18.1 Å². The standard InChI is InChI=1S/C45H26N4OS/c1-2-11-27(12-3-1)43-46-44(48-45(47-43)33-16-10-20-39-42(33)32-15-6-9-19-38(32)50-39)28-21-23-40-34(25-28)35-26-29(22-24-41(35)51-40)49-36-17-7-4-13-30(36)31-14-5-8-18-37(31)49/h1-26H/i1D,2D,3D,11D,12D. The summed E-state index contributed by atoms with van der Waals surface area (Å²) >= 11 is 1.71. The zero-order valence-corrected chi connectivity index (χ0v) is 27.5. The number of thiophene rings is 1. The van der Waals surface area contributed by atoms with Crippen LogP contribution < -0.4 is 0 Å². The van der Waals surface area contributed by atoms with E-state index in [1.54, 1.807) is 11.3 Å². The molecule has 11 aromatic rings. The second-order valence-electron chi connectivity index (χ2n) is 12.4. The van der Waals surface area contributed by atoms with Crippen molar-refractivity contribution in [2.24, 2.45) is 0 Å². The Labute approximate surface area is 302 Å². The van der Waals surface area contributed by atoms with Crippen LogP contribution in [0.5, 0.6) is 0 Å². The van der Waals surface area contributed by atoms with E-state index in [0.29, 0.717) is 28.1 Å². The normalized spacial score (nSPS) is 13.3. The summed E-state index contributed by atoms with van der Waals surface area (Å²) in [6.07, 6.45) is 0. The van der Waals surface area contributed by atoms with Gasteiger partial charge in [-0.05, 0) is 60.7 Å². The van der Waals surface area contributed by atoms with Crippen molar-refractivity contribution in [2.75, 3.05) is 0 Å². The number of hydrogen-bond acceptors (Lipinski definition) is 5. The third kappa shape index (κ3) is 4.37. The van der Waals surface area contributed by atoms with Crippen molar-refractivity contribution in [1.29, 1.82) is 0 Å². The van der Waals surface area contributed by atoms with E-state index in [9.17, 15) is 0 Å². The molecule has 0 bridgehead atoms. The average Bonchev–Trinajstić information content (AvgIpc) is 3.91. The maximum atomic E-state index is 8.81. The Morgan fingerprint density at radius 2 is 1.14 bits per heavy atom.